The van der Waals surface area contributed by atoms with Gasteiger partial charge in [0.2, 0.25) is 5.91 Å². The number of methoxy groups -OCH3 is 1. The van der Waals surface area contributed by atoms with Crippen molar-refractivity contribution in [2.75, 3.05) is 37.0 Å². The number of carbonyl (C=O) groups excluding carboxylic acids is 1. The van der Waals surface area contributed by atoms with E-state index in [9.17, 15) is 4.79 Å². The third-order valence-corrected chi connectivity index (χ3v) is 4.91. The predicted octanol–water partition coefficient (Wildman–Crippen LogP) is 3.05. The molecule has 0 bridgehead atoms. The zero-order chi connectivity index (χ0) is 18.8. The van der Waals surface area contributed by atoms with E-state index in [0.717, 1.165) is 34.7 Å². The first-order chi connectivity index (χ1) is 13.2. The summed E-state index contributed by atoms with van der Waals surface area (Å²) in [7, 11) is 3.64. The number of amides is 1. The maximum atomic E-state index is 13.0. The number of likely N-dealkylation sites (N-methyl/N-ethyl adjacent to an activating group) is 1. The van der Waals surface area contributed by atoms with Gasteiger partial charge in [-0.05, 0) is 30.2 Å². The first-order valence-corrected chi connectivity index (χ1v) is 9.07. The van der Waals surface area contributed by atoms with Gasteiger partial charge in [-0.15, -0.1) is 0 Å². The average molecular weight is 362 g/mol. The van der Waals surface area contributed by atoms with Crippen LogP contribution in [0.1, 0.15) is 12.0 Å². The number of ether oxygens (including phenoxy) is 1. The van der Waals surface area contributed by atoms with Gasteiger partial charge in [0.05, 0.1) is 18.1 Å². The van der Waals surface area contributed by atoms with Gasteiger partial charge in [-0.2, -0.15) is 0 Å². The third-order valence-electron chi connectivity index (χ3n) is 4.91. The van der Waals surface area contributed by atoms with E-state index in [0.29, 0.717) is 25.2 Å². The van der Waals surface area contributed by atoms with Crippen molar-refractivity contribution in [3.63, 3.8) is 0 Å². The summed E-state index contributed by atoms with van der Waals surface area (Å²) in [5, 5.41) is 0. The van der Waals surface area contributed by atoms with Crippen molar-refractivity contribution in [1.82, 2.24) is 9.97 Å². The molecule has 2 heterocycles. The van der Waals surface area contributed by atoms with Crippen LogP contribution in [0.3, 0.4) is 0 Å². The minimum Gasteiger partial charge on any atom is -0.496 e. The van der Waals surface area contributed by atoms with Crippen LogP contribution in [0.5, 0.6) is 5.75 Å². The van der Waals surface area contributed by atoms with Crippen LogP contribution in [-0.4, -0.2) is 43.1 Å². The van der Waals surface area contributed by atoms with E-state index in [4.69, 9.17) is 14.7 Å². The molecule has 0 saturated heterocycles. The predicted molar refractivity (Wildman–Crippen MR) is 106 cm³/mol. The molecule has 0 atom stereocenters. The molecular formula is C21H22N4O2. The first-order valence-electron chi connectivity index (χ1n) is 9.07. The SMILES string of the molecule is COc1ccccc1CCC(=O)N1CCN(C)c2nc3ccccc3nc21. The number of rotatable bonds is 4. The van der Waals surface area contributed by atoms with Crippen molar-refractivity contribution < 1.29 is 9.53 Å². The quantitative estimate of drug-likeness (QED) is 0.714. The molecule has 6 heteroatoms. The van der Waals surface area contributed by atoms with Crippen molar-refractivity contribution in [3.05, 3.63) is 54.1 Å². The highest BCUT2D eigenvalue weighted by atomic mass is 16.5. The number of nitrogens with zero attached hydrogens (tertiary/aromatic N) is 4. The van der Waals surface area contributed by atoms with Gasteiger partial charge in [0, 0.05) is 26.6 Å². The summed E-state index contributed by atoms with van der Waals surface area (Å²) in [6.07, 6.45) is 1.03. The Morgan fingerprint density at radius 1 is 1.00 bits per heavy atom. The summed E-state index contributed by atoms with van der Waals surface area (Å²) in [6, 6.07) is 15.6. The molecule has 0 radical (unpaired) electrons. The smallest absolute Gasteiger partial charge is 0.228 e. The maximum absolute atomic E-state index is 13.0. The second-order valence-corrected chi connectivity index (χ2v) is 6.64. The third kappa shape index (κ3) is 3.30. The van der Waals surface area contributed by atoms with Gasteiger partial charge in [0.25, 0.3) is 0 Å². The Balaban J connectivity index is 1.60. The Morgan fingerprint density at radius 3 is 2.41 bits per heavy atom. The molecule has 1 aromatic heterocycles. The topological polar surface area (TPSA) is 58.6 Å². The van der Waals surface area contributed by atoms with Crippen molar-refractivity contribution in [3.8, 4) is 5.75 Å². The number of hydrogen-bond acceptors (Lipinski definition) is 5. The second-order valence-electron chi connectivity index (χ2n) is 6.64. The van der Waals surface area contributed by atoms with E-state index in [1.54, 1.807) is 12.0 Å². The molecule has 0 unspecified atom stereocenters. The Hall–Kier alpha value is -3.15. The van der Waals surface area contributed by atoms with Gasteiger partial charge in [-0.3, -0.25) is 9.69 Å². The maximum Gasteiger partial charge on any atom is 0.228 e. The number of anilines is 2. The molecule has 4 rings (SSSR count). The van der Waals surface area contributed by atoms with Crippen LogP contribution in [0.15, 0.2) is 48.5 Å². The van der Waals surface area contributed by atoms with Gasteiger partial charge < -0.3 is 9.64 Å². The normalized spacial score (nSPS) is 13.6. The van der Waals surface area contributed by atoms with E-state index in [-0.39, 0.29) is 5.91 Å². The minimum absolute atomic E-state index is 0.0554. The van der Waals surface area contributed by atoms with Gasteiger partial charge in [-0.1, -0.05) is 30.3 Å². The van der Waals surface area contributed by atoms with Gasteiger partial charge in [0.1, 0.15) is 5.75 Å². The Kier molecular flexibility index (Phi) is 4.62. The highest BCUT2D eigenvalue weighted by Gasteiger charge is 2.28. The monoisotopic (exact) mass is 362 g/mol. The minimum atomic E-state index is 0.0554. The molecule has 0 fully saturated rings. The van der Waals surface area contributed by atoms with E-state index < -0.39 is 0 Å². The van der Waals surface area contributed by atoms with Crippen molar-refractivity contribution in [1.29, 1.82) is 0 Å². The zero-order valence-corrected chi connectivity index (χ0v) is 15.6. The van der Waals surface area contributed by atoms with E-state index in [1.807, 2.05) is 55.6 Å². The molecule has 1 aliphatic heterocycles. The number of fused-ring (bicyclic) bond motifs is 2. The molecule has 138 valence electrons. The molecule has 0 N–H and O–H groups in total. The van der Waals surface area contributed by atoms with Gasteiger partial charge in [-0.25, -0.2) is 9.97 Å². The van der Waals surface area contributed by atoms with Gasteiger partial charge in [0.15, 0.2) is 11.6 Å². The molecule has 0 aliphatic carbocycles. The standard InChI is InChI=1S/C21H22N4O2/c1-24-13-14-25(19(26)12-11-15-7-3-6-10-18(15)27-2)21-20(24)22-16-8-4-5-9-17(16)23-21/h3-10H,11-14H2,1-2H3. The van der Waals surface area contributed by atoms with Crippen molar-refractivity contribution in [2.24, 2.45) is 0 Å². The van der Waals surface area contributed by atoms with Crippen LogP contribution in [-0.2, 0) is 11.2 Å². The second kappa shape index (κ2) is 7.23. The molecule has 0 spiro atoms. The lowest BCUT2D eigenvalue weighted by atomic mass is 10.1. The Morgan fingerprint density at radius 2 is 1.67 bits per heavy atom. The van der Waals surface area contributed by atoms with Crippen molar-refractivity contribution in [2.45, 2.75) is 12.8 Å². The lowest BCUT2D eigenvalue weighted by Crippen LogP contribution is -2.43. The lowest BCUT2D eigenvalue weighted by molar-refractivity contribution is -0.118. The zero-order valence-electron chi connectivity index (χ0n) is 15.6. The molecule has 1 amide bonds. The Labute approximate surface area is 158 Å². The van der Waals surface area contributed by atoms with Gasteiger partial charge >= 0.3 is 0 Å². The molecule has 2 aromatic carbocycles. The summed E-state index contributed by atoms with van der Waals surface area (Å²) in [4.78, 5) is 26.3. The van der Waals surface area contributed by atoms with Crippen LogP contribution in [0, 0.1) is 0 Å². The molecule has 6 nitrogen and oxygen atoms in total. The summed E-state index contributed by atoms with van der Waals surface area (Å²) in [5.74, 6) is 2.27. The van der Waals surface area contributed by atoms with Crippen LogP contribution in [0.4, 0.5) is 11.6 Å². The number of carbonyl (C=O) groups is 1. The number of aromatic nitrogens is 2. The van der Waals surface area contributed by atoms with Crippen LogP contribution in [0.2, 0.25) is 0 Å². The first kappa shape index (κ1) is 17.3. The fraction of sp³-hybridized carbons (Fsp3) is 0.286. The Bertz CT molecular complexity index is 989. The summed E-state index contributed by atoms with van der Waals surface area (Å²) < 4.78 is 5.39. The highest BCUT2D eigenvalue weighted by molar-refractivity contribution is 5.97. The van der Waals surface area contributed by atoms with Crippen molar-refractivity contribution >= 4 is 28.6 Å². The highest BCUT2D eigenvalue weighted by Crippen LogP contribution is 2.31. The molecule has 27 heavy (non-hydrogen) atoms. The average Bonchev–Trinajstić information content (AvgIpc) is 2.71. The largest absolute Gasteiger partial charge is 0.496 e. The molecule has 3 aromatic rings. The summed E-state index contributed by atoms with van der Waals surface area (Å²) in [5.41, 5.74) is 2.67. The van der Waals surface area contributed by atoms with E-state index in [2.05, 4.69) is 4.90 Å². The number of para-hydroxylation sites is 3. The fourth-order valence-corrected chi connectivity index (χ4v) is 3.41. The number of benzene rings is 2. The lowest BCUT2D eigenvalue weighted by Gasteiger charge is -2.33. The van der Waals surface area contributed by atoms with Crippen LogP contribution in [0.25, 0.3) is 11.0 Å². The number of aryl methyl sites for hydroxylation is 1. The molecule has 0 saturated carbocycles. The fourth-order valence-electron chi connectivity index (χ4n) is 3.41. The van der Waals surface area contributed by atoms with Crippen LogP contribution < -0.4 is 14.5 Å². The summed E-state index contributed by atoms with van der Waals surface area (Å²) >= 11 is 0. The molecule has 1 aliphatic rings. The molecular weight excluding hydrogens is 340 g/mol. The summed E-state index contributed by atoms with van der Waals surface area (Å²) in [6.45, 7) is 1.35. The van der Waals surface area contributed by atoms with E-state index >= 15 is 0 Å². The van der Waals surface area contributed by atoms with Crippen LogP contribution >= 0.6 is 0 Å². The van der Waals surface area contributed by atoms with E-state index in [1.165, 1.54) is 0 Å². The number of hydrogen-bond donors (Lipinski definition) is 0.